The molecule has 0 unspecified atom stereocenters. The lowest BCUT2D eigenvalue weighted by molar-refractivity contribution is -0.121. The predicted molar refractivity (Wildman–Crippen MR) is 85.0 cm³/mol. The molecule has 1 saturated carbocycles. The van der Waals surface area contributed by atoms with Crippen molar-refractivity contribution in [3.05, 3.63) is 30.6 Å². The summed E-state index contributed by atoms with van der Waals surface area (Å²) in [6.07, 6.45) is 7.20. The molecule has 5 heteroatoms. The number of nitrogens with two attached hydrogens (primary N) is 1. The van der Waals surface area contributed by atoms with Crippen LogP contribution in [-0.2, 0) is 4.79 Å². The Hall–Kier alpha value is -2.30. The molecule has 0 atom stereocenters. The van der Waals surface area contributed by atoms with E-state index in [0.29, 0.717) is 12.5 Å². The number of nitrogens with one attached hydrogen (secondary N) is 2. The molecule has 1 aromatic carbocycles. The number of fused-ring (bicyclic) bond motifs is 1. The average molecular weight is 284 g/mol. The molecule has 0 aliphatic heterocycles. The number of nitrogens with zero attached hydrogens (tertiary/aromatic N) is 1. The van der Waals surface area contributed by atoms with E-state index in [-0.39, 0.29) is 5.91 Å². The number of carbonyl (C=O) groups excluding carboxylic acids is 1. The number of hydrogen-bond donors (Lipinski definition) is 3. The highest BCUT2D eigenvalue weighted by atomic mass is 16.1. The standard InChI is InChI=1S/C16H20N4O/c17-14-5-6-15(13-10-18-9-7-12(13)14)19-8-1-2-16(21)20-11-3-4-11/h5-7,9-11,19H,1-4,8,17H2,(H,20,21). The number of pyridine rings is 1. The molecule has 1 aliphatic rings. The van der Waals surface area contributed by atoms with Crippen molar-refractivity contribution in [2.24, 2.45) is 0 Å². The Morgan fingerprint density at radius 1 is 1.29 bits per heavy atom. The summed E-state index contributed by atoms with van der Waals surface area (Å²) >= 11 is 0. The maximum atomic E-state index is 11.6. The van der Waals surface area contributed by atoms with Crippen LogP contribution in [0.5, 0.6) is 0 Å². The highest BCUT2D eigenvalue weighted by Crippen LogP contribution is 2.27. The first-order valence-corrected chi connectivity index (χ1v) is 7.39. The van der Waals surface area contributed by atoms with Crippen molar-refractivity contribution < 1.29 is 4.79 Å². The summed E-state index contributed by atoms with van der Waals surface area (Å²) in [7, 11) is 0. The summed E-state index contributed by atoms with van der Waals surface area (Å²) in [5.74, 6) is 0.156. The van der Waals surface area contributed by atoms with Crippen LogP contribution < -0.4 is 16.4 Å². The summed E-state index contributed by atoms with van der Waals surface area (Å²) in [6, 6.07) is 6.21. The zero-order chi connectivity index (χ0) is 14.7. The molecule has 0 bridgehead atoms. The fourth-order valence-electron chi connectivity index (χ4n) is 2.37. The van der Waals surface area contributed by atoms with Gasteiger partial charge in [0.15, 0.2) is 0 Å². The monoisotopic (exact) mass is 284 g/mol. The molecule has 1 heterocycles. The van der Waals surface area contributed by atoms with Gasteiger partial charge in [-0.15, -0.1) is 0 Å². The van der Waals surface area contributed by atoms with E-state index in [0.717, 1.165) is 48.0 Å². The van der Waals surface area contributed by atoms with Gasteiger partial charge in [-0.3, -0.25) is 9.78 Å². The molecule has 110 valence electrons. The van der Waals surface area contributed by atoms with Crippen molar-refractivity contribution in [3.8, 4) is 0 Å². The van der Waals surface area contributed by atoms with E-state index in [2.05, 4.69) is 15.6 Å². The molecular weight excluding hydrogens is 264 g/mol. The summed E-state index contributed by atoms with van der Waals surface area (Å²) in [4.78, 5) is 15.7. The Morgan fingerprint density at radius 2 is 2.14 bits per heavy atom. The second-order valence-corrected chi connectivity index (χ2v) is 5.50. The van der Waals surface area contributed by atoms with Crippen LogP contribution in [0.15, 0.2) is 30.6 Å². The summed E-state index contributed by atoms with van der Waals surface area (Å²) in [5.41, 5.74) is 7.72. The van der Waals surface area contributed by atoms with Gasteiger partial charge in [-0.2, -0.15) is 0 Å². The van der Waals surface area contributed by atoms with Gasteiger partial charge in [-0.25, -0.2) is 0 Å². The SMILES string of the molecule is Nc1ccc(NCCCC(=O)NC2CC2)c2cnccc12. The number of aromatic nitrogens is 1. The highest BCUT2D eigenvalue weighted by molar-refractivity contribution is 6.00. The van der Waals surface area contributed by atoms with Crippen LogP contribution in [0.3, 0.4) is 0 Å². The van der Waals surface area contributed by atoms with Crippen molar-refractivity contribution in [1.82, 2.24) is 10.3 Å². The second-order valence-electron chi connectivity index (χ2n) is 5.50. The summed E-state index contributed by atoms with van der Waals surface area (Å²) < 4.78 is 0. The molecule has 5 nitrogen and oxygen atoms in total. The zero-order valence-electron chi connectivity index (χ0n) is 11.9. The van der Waals surface area contributed by atoms with Gasteiger partial charge in [0.1, 0.15) is 0 Å². The third kappa shape index (κ3) is 3.42. The van der Waals surface area contributed by atoms with E-state index in [1.165, 1.54) is 0 Å². The van der Waals surface area contributed by atoms with Gasteiger partial charge in [0.25, 0.3) is 0 Å². The molecule has 1 aromatic heterocycles. The Morgan fingerprint density at radius 3 is 2.95 bits per heavy atom. The molecule has 21 heavy (non-hydrogen) atoms. The third-order valence-electron chi connectivity index (χ3n) is 3.69. The van der Waals surface area contributed by atoms with Gasteiger partial charge < -0.3 is 16.4 Å². The first kappa shape index (κ1) is 13.7. The van der Waals surface area contributed by atoms with Crippen LogP contribution in [0.4, 0.5) is 11.4 Å². The third-order valence-corrected chi connectivity index (χ3v) is 3.69. The predicted octanol–water partition coefficient (Wildman–Crippen LogP) is 2.29. The lowest BCUT2D eigenvalue weighted by Gasteiger charge is -2.11. The fraction of sp³-hybridized carbons (Fsp3) is 0.375. The molecule has 1 amide bonds. The van der Waals surface area contributed by atoms with Gasteiger partial charge in [0.2, 0.25) is 5.91 Å². The first-order valence-electron chi connectivity index (χ1n) is 7.39. The quantitative estimate of drug-likeness (QED) is 0.561. The normalized spacial score (nSPS) is 14.1. The minimum atomic E-state index is 0.156. The number of hydrogen-bond acceptors (Lipinski definition) is 4. The van der Waals surface area contributed by atoms with Crippen molar-refractivity contribution in [3.63, 3.8) is 0 Å². The minimum absolute atomic E-state index is 0.156. The summed E-state index contributed by atoms with van der Waals surface area (Å²) in [5, 5.41) is 8.38. The number of benzene rings is 1. The maximum Gasteiger partial charge on any atom is 0.220 e. The molecule has 0 spiro atoms. The van der Waals surface area contributed by atoms with E-state index >= 15 is 0 Å². The van der Waals surface area contributed by atoms with Crippen molar-refractivity contribution in [1.29, 1.82) is 0 Å². The minimum Gasteiger partial charge on any atom is -0.398 e. The van der Waals surface area contributed by atoms with Crippen LogP contribution in [0.1, 0.15) is 25.7 Å². The van der Waals surface area contributed by atoms with Gasteiger partial charge >= 0.3 is 0 Å². The fourth-order valence-corrected chi connectivity index (χ4v) is 2.37. The van der Waals surface area contributed by atoms with Crippen molar-refractivity contribution in [2.45, 2.75) is 31.7 Å². The van der Waals surface area contributed by atoms with E-state index in [1.807, 2.05) is 24.4 Å². The van der Waals surface area contributed by atoms with Crippen LogP contribution in [0, 0.1) is 0 Å². The number of rotatable bonds is 6. The van der Waals surface area contributed by atoms with E-state index in [4.69, 9.17) is 5.73 Å². The smallest absolute Gasteiger partial charge is 0.220 e. The molecule has 1 aliphatic carbocycles. The Labute approximate surface area is 123 Å². The van der Waals surface area contributed by atoms with Crippen molar-refractivity contribution >= 4 is 28.1 Å². The Balaban J connectivity index is 1.55. The van der Waals surface area contributed by atoms with Crippen LogP contribution in [0.2, 0.25) is 0 Å². The highest BCUT2D eigenvalue weighted by Gasteiger charge is 2.22. The van der Waals surface area contributed by atoms with Crippen LogP contribution >= 0.6 is 0 Å². The molecule has 0 saturated heterocycles. The molecule has 0 radical (unpaired) electrons. The van der Waals surface area contributed by atoms with Crippen LogP contribution in [0.25, 0.3) is 10.8 Å². The molecular formula is C16H20N4O. The summed E-state index contributed by atoms with van der Waals surface area (Å²) in [6.45, 7) is 0.756. The molecule has 4 N–H and O–H groups in total. The molecule has 2 aromatic rings. The average Bonchev–Trinajstić information content (AvgIpc) is 3.30. The topological polar surface area (TPSA) is 80.0 Å². The van der Waals surface area contributed by atoms with E-state index < -0.39 is 0 Å². The van der Waals surface area contributed by atoms with E-state index in [1.54, 1.807) is 6.20 Å². The van der Waals surface area contributed by atoms with Gasteiger partial charge in [-0.05, 0) is 37.5 Å². The number of carbonyl (C=O) groups is 1. The van der Waals surface area contributed by atoms with Gasteiger partial charge in [0, 0.05) is 53.5 Å². The lowest BCUT2D eigenvalue weighted by atomic mass is 10.1. The zero-order valence-corrected chi connectivity index (χ0v) is 11.9. The van der Waals surface area contributed by atoms with Gasteiger partial charge in [0.05, 0.1) is 0 Å². The molecule has 1 fully saturated rings. The number of anilines is 2. The van der Waals surface area contributed by atoms with Crippen molar-refractivity contribution in [2.75, 3.05) is 17.6 Å². The van der Waals surface area contributed by atoms with Gasteiger partial charge in [-0.1, -0.05) is 0 Å². The Bertz CT molecular complexity index is 652. The first-order chi connectivity index (χ1) is 10.2. The van der Waals surface area contributed by atoms with Crippen LogP contribution in [-0.4, -0.2) is 23.5 Å². The lowest BCUT2D eigenvalue weighted by Crippen LogP contribution is -2.25. The number of amides is 1. The molecule has 3 rings (SSSR count). The Kier molecular flexibility index (Phi) is 3.90. The number of nitrogen functional groups attached to an aromatic ring is 1. The largest absolute Gasteiger partial charge is 0.398 e. The second kappa shape index (κ2) is 5.99. The van der Waals surface area contributed by atoms with E-state index in [9.17, 15) is 4.79 Å². The maximum absolute atomic E-state index is 11.6.